The molecule has 0 saturated carbocycles. The molecule has 0 N–H and O–H groups in total. The van der Waals surface area contributed by atoms with Gasteiger partial charge >= 0.3 is 0 Å². The molecule has 0 spiro atoms. The van der Waals surface area contributed by atoms with Crippen LogP contribution in [-0.4, -0.2) is 24.5 Å². The fourth-order valence-electron chi connectivity index (χ4n) is 3.72. The van der Waals surface area contributed by atoms with E-state index in [1.165, 1.54) is 47.5 Å². The fraction of sp³-hybridized carbons (Fsp3) is 0.273. The van der Waals surface area contributed by atoms with Gasteiger partial charge < -0.3 is 4.90 Å². The molecule has 1 nitrogen and oxygen atoms in total. The van der Waals surface area contributed by atoms with Gasteiger partial charge in [0.15, 0.2) is 0 Å². The summed E-state index contributed by atoms with van der Waals surface area (Å²) in [5.41, 5.74) is 6.71. The van der Waals surface area contributed by atoms with Gasteiger partial charge in [0.05, 0.1) is 0 Å². The Kier molecular flexibility index (Phi) is 3.88. The van der Waals surface area contributed by atoms with Crippen LogP contribution in [-0.2, 0) is 0 Å². The minimum Gasteiger partial charge on any atom is -0.302 e. The maximum Gasteiger partial charge on any atom is 0.00195 e. The Morgan fingerprint density at radius 3 is 2.04 bits per heavy atom. The Bertz CT molecular complexity index is 712. The Labute approximate surface area is 139 Å². The standard InChI is InChI=1S/C22H23N/c1-17-15-23(16-17)14-6-11-22-20-9-4-2-7-18(20)12-13-19-8-3-5-10-21(19)22/h2-5,7-13,17H,6,14-16H2,1H3. The Hall–Kier alpha value is -2.12. The van der Waals surface area contributed by atoms with Crippen molar-refractivity contribution in [2.24, 2.45) is 5.92 Å². The van der Waals surface area contributed by atoms with E-state index in [-0.39, 0.29) is 0 Å². The number of benzene rings is 2. The highest BCUT2D eigenvalue weighted by Gasteiger charge is 2.21. The quantitative estimate of drug-likeness (QED) is 0.662. The van der Waals surface area contributed by atoms with E-state index < -0.39 is 0 Å². The van der Waals surface area contributed by atoms with Gasteiger partial charge in [-0.2, -0.15) is 0 Å². The second-order valence-electron chi connectivity index (χ2n) is 6.78. The summed E-state index contributed by atoms with van der Waals surface area (Å²) >= 11 is 0. The van der Waals surface area contributed by atoms with Gasteiger partial charge in [-0.1, -0.05) is 73.7 Å². The molecular weight excluding hydrogens is 278 g/mol. The van der Waals surface area contributed by atoms with Gasteiger partial charge in [0.25, 0.3) is 0 Å². The van der Waals surface area contributed by atoms with Crippen LogP contribution in [0, 0.1) is 5.92 Å². The van der Waals surface area contributed by atoms with Crippen LogP contribution in [0.3, 0.4) is 0 Å². The summed E-state index contributed by atoms with van der Waals surface area (Å²) in [5.74, 6) is 0.881. The van der Waals surface area contributed by atoms with Crippen LogP contribution >= 0.6 is 0 Å². The molecule has 2 aromatic carbocycles. The fourth-order valence-corrected chi connectivity index (χ4v) is 3.72. The predicted molar refractivity (Wildman–Crippen MR) is 99.1 cm³/mol. The minimum atomic E-state index is 0.881. The van der Waals surface area contributed by atoms with Crippen molar-refractivity contribution in [3.05, 3.63) is 76.9 Å². The van der Waals surface area contributed by atoms with Gasteiger partial charge in [0, 0.05) is 19.6 Å². The van der Waals surface area contributed by atoms with Gasteiger partial charge in [-0.25, -0.2) is 0 Å². The van der Waals surface area contributed by atoms with E-state index in [1.807, 2.05) is 0 Å². The summed E-state index contributed by atoms with van der Waals surface area (Å²) in [5, 5.41) is 0. The number of likely N-dealkylation sites (tertiary alicyclic amines) is 1. The van der Waals surface area contributed by atoms with E-state index in [0.717, 1.165) is 12.3 Å². The Morgan fingerprint density at radius 1 is 0.913 bits per heavy atom. The zero-order valence-corrected chi connectivity index (χ0v) is 13.7. The first kappa shape index (κ1) is 14.5. The average molecular weight is 301 g/mol. The zero-order valence-electron chi connectivity index (χ0n) is 13.7. The van der Waals surface area contributed by atoms with Gasteiger partial charge in [-0.15, -0.1) is 0 Å². The predicted octanol–water partition coefficient (Wildman–Crippen LogP) is 4.94. The molecule has 116 valence electrons. The van der Waals surface area contributed by atoms with Crippen LogP contribution < -0.4 is 0 Å². The number of hydrogen-bond acceptors (Lipinski definition) is 1. The SMILES string of the molecule is CC1CN(CCC=C2c3ccccc3C=Cc3ccccc32)C1. The molecule has 2 aliphatic rings. The van der Waals surface area contributed by atoms with E-state index in [0.29, 0.717) is 0 Å². The number of nitrogens with zero attached hydrogens (tertiary/aromatic N) is 1. The maximum atomic E-state index is 2.55. The van der Waals surface area contributed by atoms with Crippen LogP contribution in [0.5, 0.6) is 0 Å². The highest BCUT2D eigenvalue weighted by molar-refractivity contribution is 5.93. The lowest BCUT2D eigenvalue weighted by Crippen LogP contribution is -2.45. The van der Waals surface area contributed by atoms with Crippen molar-refractivity contribution in [1.82, 2.24) is 4.90 Å². The highest BCUT2D eigenvalue weighted by Crippen LogP contribution is 2.34. The first-order chi connectivity index (χ1) is 11.3. The minimum absolute atomic E-state index is 0.881. The van der Waals surface area contributed by atoms with Crippen molar-refractivity contribution in [2.45, 2.75) is 13.3 Å². The van der Waals surface area contributed by atoms with E-state index in [1.54, 1.807) is 0 Å². The third-order valence-corrected chi connectivity index (χ3v) is 4.88. The maximum absolute atomic E-state index is 2.55. The molecule has 1 aliphatic heterocycles. The molecule has 0 atom stereocenters. The van der Waals surface area contributed by atoms with E-state index >= 15 is 0 Å². The topological polar surface area (TPSA) is 3.24 Å². The molecule has 1 saturated heterocycles. The molecule has 1 aliphatic carbocycles. The monoisotopic (exact) mass is 301 g/mol. The highest BCUT2D eigenvalue weighted by atomic mass is 15.2. The van der Waals surface area contributed by atoms with Crippen molar-refractivity contribution in [2.75, 3.05) is 19.6 Å². The molecule has 0 bridgehead atoms. The van der Waals surface area contributed by atoms with Crippen molar-refractivity contribution in [3.8, 4) is 0 Å². The lowest BCUT2D eigenvalue weighted by molar-refractivity contribution is 0.116. The van der Waals surface area contributed by atoms with Crippen molar-refractivity contribution in [1.29, 1.82) is 0 Å². The molecule has 1 heterocycles. The van der Waals surface area contributed by atoms with E-state index in [4.69, 9.17) is 0 Å². The summed E-state index contributed by atoms with van der Waals surface area (Å²) in [4.78, 5) is 2.55. The van der Waals surface area contributed by atoms with Crippen LogP contribution in [0.15, 0.2) is 54.6 Å². The molecule has 0 aromatic heterocycles. The third kappa shape index (κ3) is 2.89. The van der Waals surface area contributed by atoms with Crippen molar-refractivity contribution < 1.29 is 0 Å². The molecular formula is C22H23N. The molecule has 0 amide bonds. The molecule has 2 aromatic rings. The second kappa shape index (κ2) is 6.17. The lowest BCUT2D eigenvalue weighted by Gasteiger charge is -2.36. The Morgan fingerprint density at radius 2 is 1.48 bits per heavy atom. The van der Waals surface area contributed by atoms with Crippen LogP contribution in [0.4, 0.5) is 0 Å². The lowest BCUT2D eigenvalue weighted by atomic mass is 9.92. The second-order valence-corrected chi connectivity index (χ2v) is 6.78. The molecule has 4 rings (SSSR count). The van der Waals surface area contributed by atoms with Gasteiger partial charge in [-0.05, 0) is 40.2 Å². The van der Waals surface area contributed by atoms with Crippen molar-refractivity contribution in [3.63, 3.8) is 0 Å². The van der Waals surface area contributed by atoms with Crippen molar-refractivity contribution >= 4 is 17.7 Å². The summed E-state index contributed by atoms with van der Waals surface area (Å²) in [6.45, 7) is 6.03. The molecule has 1 fully saturated rings. The third-order valence-electron chi connectivity index (χ3n) is 4.88. The van der Waals surface area contributed by atoms with Crippen LogP contribution in [0.1, 0.15) is 35.6 Å². The van der Waals surface area contributed by atoms with Gasteiger partial charge in [-0.3, -0.25) is 0 Å². The molecule has 23 heavy (non-hydrogen) atoms. The first-order valence-electron chi connectivity index (χ1n) is 8.60. The van der Waals surface area contributed by atoms with Crippen LogP contribution in [0.2, 0.25) is 0 Å². The molecule has 0 unspecified atom stereocenters. The summed E-state index contributed by atoms with van der Waals surface area (Å²) in [6, 6.07) is 17.5. The Balaban J connectivity index is 1.67. The van der Waals surface area contributed by atoms with E-state index in [2.05, 4.69) is 78.6 Å². The van der Waals surface area contributed by atoms with E-state index in [9.17, 15) is 0 Å². The number of rotatable bonds is 3. The normalized spacial score (nSPS) is 17.2. The van der Waals surface area contributed by atoms with Gasteiger partial charge in [0.2, 0.25) is 0 Å². The molecule has 0 radical (unpaired) electrons. The summed E-state index contributed by atoms with van der Waals surface area (Å²) in [6.07, 6.45) is 8.04. The average Bonchev–Trinajstić information content (AvgIpc) is 2.71. The summed E-state index contributed by atoms with van der Waals surface area (Å²) < 4.78 is 0. The van der Waals surface area contributed by atoms with Gasteiger partial charge in [0.1, 0.15) is 0 Å². The largest absolute Gasteiger partial charge is 0.302 e. The van der Waals surface area contributed by atoms with Crippen LogP contribution in [0.25, 0.3) is 17.7 Å². The number of fused-ring (bicyclic) bond motifs is 2. The summed E-state index contributed by atoms with van der Waals surface area (Å²) in [7, 11) is 0. The smallest absolute Gasteiger partial charge is 0.00195 e. The zero-order chi connectivity index (χ0) is 15.6. The first-order valence-corrected chi connectivity index (χ1v) is 8.60. The number of hydrogen-bond donors (Lipinski definition) is 0. The molecule has 1 heteroatoms.